The van der Waals surface area contributed by atoms with Crippen molar-refractivity contribution < 1.29 is 14.6 Å². The molecule has 1 heterocycles. The van der Waals surface area contributed by atoms with Crippen molar-refractivity contribution in [3.63, 3.8) is 0 Å². The van der Waals surface area contributed by atoms with Gasteiger partial charge in [0.2, 0.25) is 0 Å². The van der Waals surface area contributed by atoms with Gasteiger partial charge in [0, 0.05) is 19.8 Å². The van der Waals surface area contributed by atoms with Crippen LogP contribution in [-0.4, -0.2) is 39.3 Å². The van der Waals surface area contributed by atoms with E-state index in [2.05, 4.69) is 17.2 Å². The molecule has 0 saturated heterocycles. The van der Waals surface area contributed by atoms with Gasteiger partial charge in [0.1, 0.15) is 11.0 Å². The number of nitrogens with zero attached hydrogens (tertiary/aromatic N) is 3. The first kappa shape index (κ1) is 14.5. The molecule has 20 heavy (non-hydrogen) atoms. The number of benzene rings is 1. The number of aryl methyl sites for hydroxylation is 1. The summed E-state index contributed by atoms with van der Waals surface area (Å²) in [5.74, 6) is -0.960. The number of carboxylic acids is 1. The Kier molecular flexibility index (Phi) is 5.06. The monoisotopic (exact) mass is 277 g/mol. The summed E-state index contributed by atoms with van der Waals surface area (Å²) in [6, 6.07) is 5.02. The van der Waals surface area contributed by atoms with E-state index in [4.69, 9.17) is 4.74 Å². The standard InChI is InChI=1S/C14H19N3O3/c1-2-3-9-20-10-5-8-17-13-11(14(18)19)6-4-7-12(13)15-16-17/h4,6-7H,2-3,5,8-10H2,1H3,(H,18,19). The molecule has 1 aromatic heterocycles. The van der Waals surface area contributed by atoms with Gasteiger partial charge in [-0.1, -0.05) is 24.6 Å². The minimum atomic E-state index is -0.960. The number of carboxylic acid groups (broad SMARTS) is 1. The van der Waals surface area contributed by atoms with Crippen molar-refractivity contribution >= 4 is 17.0 Å². The number of aromatic nitrogens is 3. The first-order valence-corrected chi connectivity index (χ1v) is 6.87. The van der Waals surface area contributed by atoms with Crippen molar-refractivity contribution in [2.24, 2.45) is 0 Å². The molecule has 6 heteroatoms. The molecule has 6 nitrogen and oxygen atoms in total. The zero-order valence-electron chi connectivity index (χ0n) is 11.6. The molecule has 0 unspecified atom stereocenters. The molecule has 0 spiro atoms. The zero-order valence-corrected chi connectivity index (χ0v) is 11.6. The maximum Gasteiger partial charge on any atom is 0.337 e. The molecule has 0 fully saturated rings. The van der Waals surface area contributed by atoms with Gasteiger partial charge in [-0.3, -0.25) is 0 Å². The van der Waals surface area contributed by atoms with Crippen LogP contribution in [0.2, 0.25) is 0 Å². The quantitative estimate of drug-likeness (QED) is 0.749. The lowest BCUT2D eigenvalue weighted by Crippen LogP contribution is -2.08. The predicted octanol–water partition coefficient (Wildman–Crippen LogP) is 2.34. The van der Waals surface area contributed by atoms with Crippen molar-refractivity contribution in [2.75, 3.05) is 13.2 Å². The van der Waals surface area contributed by atoms with Gasteiger partial charge < -0.3 is 9.84 Å². The summed E-state index contributed by atoms with van der Waals surface area (Å²) in [5, 5.41) is 17.2. The van der Waals surface area contributed by atoms with Crippen LogP contribution in [0, 0.1) is 0 Å². The van der Waals surface area contributed by atoms with E-state index in [1.54, 1.807) is 22.9 Å². The van der Waals surface area contributed by atoms with E-state index in [9.17, 15) is 9.90 Å². The Morgan fingerprint density at radius 2 is 2.15 bits per heavy atom. The normalized spacial score (nSPS) is 11.1. The first-order valence-electron chi connectivity index (χ1n) is 6.87. The van der Waals surface area contributed by atoms with Gasteiger partial charge >= 0.3 is 5.97 Å². The predicted molar refractivity (Wildman–Crippen MR) is 74.8 cm³/mol. The van der Waals surface area contributed by atoms with Crippen LogP contribution in [0.3, 0.4) is 0 Å². The maximum atomic E-state index is 11.2. The molecular formula is C14H19N3O3. The molecule has 108 valence electrons. The van der Waals surface area contributed by atoms with Crippen LogP contribution >= 0.6 is 0 Å². The van der Waals surface area contributed by atoms with Crippen LogP contribution in [0.1, 0.15) is 36.5 Å². The van der Waals surface area contributed by atoms with Gasteiger partial charge in [-0.15, -0.1) is 5.10 Å². The molecule has 2 rings (SSSR count). The lowest BCUT2D eigenvalue weighted by atomic mass is 10.2. The molecule has 0 saturated carbocycles. The fraction of sp³-hybridized carbons (Fsp3) is 0.500. The van der Waals surface area contributed by atoms with E-state index < -0.39 is 5.97 Å². The molecule has 1 aromatic carbocycles. The van der Waals surface area contributed by atoms with E-state index in [0.29, 0.717) is 24.2 Å². The lowest BCUT2D eigenvalue weighted by Gasteiger charge is -2.05. The number of fused-ring (bicyclic) bond motifs is 1. The number of ether oxygens (including phenoxy) is 1. The zero-order chi connectivity index (χ0) is 14.4. The average Bonchev–Trinajstić information content (AvgIpc) is 2.86. The van der Waals surface area contributed by atoms with Crippen LogP contribution < -0.4 is 0 Å². The van der Waals surface area contributed by atoms with Gasteiger partial charge in [-0.25, -0.2) is 9.48 Å². The minimum Gasteiger partial charge on any atom is -0.478 e. The van der Waals surface area contributed by atoms with E-state index in [1.165, 1.54) is 0 Å². The number of carbonyl (C=O) groups is 1. The van der Waals surface area contributed by atoms with Crippen LogP contribution in [0.5, 0.6) is 0 Å². The number of para-hydroxylation sites is 1. The maximum absolute atomic E-state index is 11.2. The van der Waals surface area contributed by atoms with Crippen molar-refractivity contribution in [2.45, 2.75) is 32.7 Å². The molecule has 0 aliphatic heterocycles. The van der Waals surface area contributed by atoms with E-state index in [0.717, 1.165) is 25.9 Å². The summed E-state index contributed by atoms with van der Waals surface area (Å²) < 4.78 is 7.13. The van der Waals surface area contributed by atoms with Crippen LogP contribution in [-0.2, 0) is 11.3 Å². The lowest BCUT2D eigenvalue weighted by molar-refractivity contribution is 0.0698. The first-order chi connectivity index (χ1) is 9.74. The smallest absolute Gasteiger partial charge is 0.337 e. The number of aromatic carboxylic acids is 1. The highest BCUT2D eigenvalue weighted by atomic mass is 16.5. The van der Waals surface area contributed by atoms with Crippen molar-refractivity contribution in [1.29, 1.82) is 0 Å². The van der Waals surface area contributed by atoms with Crippen LogP contribution in [0.25, 0.3) is 11.0 Å². The van der Waals surface area contributed by atoms with E-state index >= 15 is 0 Å². The fourth-order valence-electron chi connectivity index (χ4n) is 2.02. The molecule has 0 bridgehead atoms. The summed E-state index contributed by atoms with van der Waals surface area (Å²) in [5.41, 5.74) is 1.42. The molecule has 0 amide bonds. The minimum absolute atomic E-state index is 0.236. The van der Waals surface area contributed by atoms with Crippen molar-refractivity contribution in [1.82, 2.24) is 15.0 Å². The molecule has 0 atom stereocenters. The molecule has 0 radical (unpaired) electrons. The average molecular weight is 277 g/mol. The summed E-state index contributed by atoms with van der Waals surface area (Å²) in [6.07, 6.45) is 2.97. The second-order valence-electron chi connectivity index (χ2n) is 4.61. The molecule has 2 aromatic rings. The second-order valence-corrected chi connectivity index (χ2v) is 4.61. The van der Waals surface area contributed by atoms with Gasteiger partial charge in [0.15, 0.2) is 0 Å². The molecule has 0 aliphatic carbocycles. The number of hydrogen-bond donors (Lipinski definition) is 1. The Morgan fingerprint density at radius 3 is 2.90 bits per heavy atom. The highest BCUT2D eigenvalue weighted by Gasteiger charge is 2.14. The number of rotatable bonds is 8. The SMILES string of the molecule is CCCCOCCCn1nnc2cccc(C(=O)O)c21. The fourth-order valence-corrected chi connectivity index (χ4v) is 2.02. The third kappa shape index (κ3) is 3.33. The van der Waals surface area contributed by atoms with Gasteiger partial charge in [0.25, 0.3) is 0 Å². The number of unbranched alkanes of at least 4 members (excludes halogenated alkanes) is 1. The Labute approximate surface area is 117 Å². The Morgan fingerprint density at radius 1 is 1.35 bits per heavy atom. The van der Waals surface area contributed by atoms with Crippen LogP contribution in [0.4, 0.5) is 0 Å². The van der Waals surface area contributed by atoms with Crippen molar-refractivity contribution in [3.05, 3.63) is 23.8 Å². The Bertz CT molecular complexity index is 580. The topological polar surface area (TPSA) is 77.2 Å². The third-order valence-corrected chi connectivity index (χ3v) is 3.06. The van der Waals surface area contributed by atoms with Gasteiger partial charge in [0.05, 0.1) is 5.56 Å². The highest BCUT2D eigenvalue weighted by Crippen LogP contribution is 2.16. The summed E-state index contributed by atoms with van der Waals surface area (Å²) in [4.78, 5) is 11.2. The number of hydrogen-bond acceptors (Lipinski definition) is 4. The largest absolute Gasteiger partial charge is 0.478 e. The Balaban J connectivity index is 2.01. The van der Waals surface area contributed by atoms with Gasteiger partial charge in [-0.05, 0) is 25.0 Å². The highest BCUT2D eigenvalue weighted by molar-refractivity contribution is 6.00. The van der Waals surface area contributed by atoms with Crippen LogP contribution in [0.15, 0.2) is 18.2 Å². The third-order valence-electron chi connectivity index (χ3n) is 3.06. The molecule has 1 N–H and O–H groups in total. The summed E-state index contributed by atoms with van der Waals surface area (Å²) in [7, 11) is 0. The Hall–Kier alpha value is -1.95. The van der Waals surface area contributed by atoms with E-state index in [1.807, 2.05) is 0 Å². The molecule has 0 aliphatic rings. The second kappa shape index (κ2) is 7.00. The molecular weight excluding hydrogens is 258 g/mol. The van der Waals surface area contributed by atoms with E-state index in [-0.39, 0.29) is 5.56 Å². The summed E-state index contributed by atoms with van der Waals surface area (Å²) >= 11 is 0. The van der Waals surface area contributed by atoms with Gasteiger partial charge in [-0.2, -0.15) is 0 Å². The van der Waals surface area contributed by atoms with Crippen molar-refractivity contribution in [3.8, 4) is 0 Å². The summed E-state index contributed by atoms with van der Waals surface area (Å²) in [6.45, 7) is 4.15.